The number of rotatable bonds is 6. The molecule has 150 valence electrons. The van der Waals surface area contributed by atoms with Crippen molar-refractivity contribution in [2.45, 2.75) is 37.8 Å². The summed E-state index contributed by atoms with van der Waals surface area (Å²) in [5.74, 6) is 0.829. The Hall–Kier alpha value is -3.42. The van der Waals surface area contributed by atoms with E-state index in [0.717, 1.165) is 31.4 Å². The lowest BCUT2D eigenvalue weighted by molar-refractivity contribution is 0.0889. The molecule has 0 bridgehead atoms. The predicted octanol–water partition coefficient (Wildman–Crippen LogP) is 2.79. The van der Waals surface area contributed by atoms with E-state index in [1.807, 2.05) is 36.5 Å². The quantitative estimate of drug-likeness (QED) is 0.692. The average molecular weight is 393 g/mol. The Morgan fingerprint density at radius 1 is 1.14 bits per heavy atom. The summed E-state index contributed by atoms with van der Waals surface area (Å²) >= 11 is 0. The molecule has 3 aromatic rings. The number of nitrogens with one attached hydrogen (secondary N) is 1. The molecule has 8 heteroatoms. The van der Waals surface area contributed by atoms with Gasteiger partial charge in [0.05, 0.1) is 25.2 Å². The molecule has 1 aliphatic carbocycles. The van der Waals surface area contributed by atoms with Crippen LogP contribution in [0.2, 0.25) is 0 Å². The van der Waals surface area contributed by atoms with Crippen LogP contribution in [0.3, 0.4) is 0 Å². The Bertz CT molecular complexity index is 952. The van der Waals surface area contributed by atoms with Gasteiger partial charge in [-0.3, -0.25) is 9.78 Å². The molecule has 0 atom stereocenters. The summed E-state index contributed by atoms with van der Waals surface area (Å²) in [7, 11) is 1.55. The second-order valence-electron chi connectivity index (χ2n) is 6.97. The lowest BCUT2D eigenvalue weighted by Crippen LogP contribution is -2.39. The van der Waals surface area contributed by atoms with Crippen LogP contribution in [0.1, 0.15) is 36.0 Å². The maximum Gasteiger partial charge on any atom is 0.251 e. The van der Waals surface area contributed by atoms with Gasteiger partial charge >= 0.3 is 0 Å². The maximum absolute atomic E-state index is 12.7. The van der Waals surface area contributed by atoms with E-state index in [-0.39, 0.29) is 18.1 Å². The number of hydrogen-bond donors (Lipinski definition) is 1. The number of carbonyl (C=O) groups is 1. The molecule has 1 saturated carbocycles. The molecule has 0 aliphatic heterocycles. The standard InChI is InChI=1S/C21H23N5O3/c1-28-19-13-22-14-20(25-19)29-18-8-6-16(7-9-18)24-21(27)15-4-2-5-17(12-15)26-11-3-10-23-26/h2-5,10-14,16,18H,6-9H2,1H3,(H,24,27). The van der Waals surface area contributed by atoms with Crippen molar-refractivity contribution >= 4 is 5.91 Å². The fourth-order valence-electron chi connectivity index (χ4n) is 3.46. The van der Waals surface area contributed by atoms with E-state index in [1.54, 1.807) is 30.4 Å². The maximum atomic E-state index is 12.7. The van der Waals surface area contributed by atoms with Gasteiger partial charge in [0.25, 0.3) is 5.91 Å². The number of methoxy groups -OCH3 is 1. The molecule has 1 aliphatic rings. The van der Waals surface area contributed by atoms with Crippen molar-refractivity contribution in [3.63, 3.8) is 0 Å². The first-order valence-electron chi connectivity index (χ1n) is 9.65. The zero-order chi connectivity index (χ0) is 20.1. The second kappa shape index (κ2) is 8.72. The minimum Gasteiger partial charge on any atom is -0.480 e. The minimum absolute atomic E-state index is 0.0627. The molecule has 1 aromatic carbocycles. The van der Waals surface area contributed by atoms with Gasteiger partial charge in [0, 0.05) is 24.0 Å². The van der Waals surface area contributed by atoms with E-state index in [2.05, 4.69) is 20.4 Å². The van der Waals surface area contributed by atoms with E-state index in [1.165, 1.54) is 0 Å². The van der Waals surface area contributed by atoms with Gasteiger partial charge in [0.2, 0.25) is 11.8 Å². The van der Waals surface area contributed by atoms with Crippen molar-refractivity contribution in [2.24, 2.45) is 0 Å². The third-order valence-electron chi connectivity index (χ3n) is 4.97. The van der Waals surface area contributed by atoms with Crippen LogP contribution in [0.15, 0.2) is 55.1 Å². The molecule has 0 radical (unpaired) electrons. The molecule has 1 N–H and O–H groups in total. The zero-order valence-electron chi connectivity index (χ0n) is 16.2. The molecule has 0 unspecified atom stereocenters. The van der Waals surface area contributed by atoms with Crippen molar-refractivity contribution in [2.75, 3.05) is 7.11 Å². The molecular weight excluding hydrogens is 370 g/mol. The van der Waals surface area contributed by atoms with Gasteiger partial charge in [-0.15, -0.1) is 0 Å². The highest BCUT2D eigenvalue weighted by molar-refractivity contribution is 5.94. The number of ether oxygens (including phenoxy) is 2. The van der Waals surface area contributed by atoms with Gasteiger partial charge in [-0.1, -0.05) is 6.07 Å². The van der Waals surface area contributed by atoms with E-state index in [9.17, 15) is 4.79 Å². The predicted molar refractivity (Wildman–Crippen MR) is 106 cm³/mol. The van der Waals surface area contributed by atoms with Crippen molar-refractivity contribution in [1.29, 1.82) is 0 Å². The second-order valence-corrected chi connectivity index (χ2v) is 6.97. The van der Waals surface area contributed by atoms with Crippen molar-refractivity contribution < 1.29 is 14.3 Å². The molecule has 4 rings (SSSR count). The number of benzene rings is 1. The van der Waals surface area contributed by atoms with Gasteiger partial charge in [-0.05, 0) is 49.9 Å². The smallest absolute Gasteiger partial charge is 0.251 e. The number of aromatic nitrogens is 4. The zero-order valence-corrected chi connectivity index (χ0v) is 16.2. The fraction of sp³-hybridized carbons (Fsp3) is 0.333. The third-order valence-corrected chi connectivity index (χ3v) is 4.97. The summed E-state index contributed by atoms with van der Waals surface area (Å²) in [5.41, 5.74) is 1.49. The summed E-state index contributed by atoms with van der Waals surface area (Å²) < 4.78 is 12.7. The summed E-state index contributed by atoms with van der Waals surface area (Å²) in [6.07, 6.45) is 10.2. The van der Waals surface area contributed by atoms with Gasteiger partial charge in [0.15, 0.2) is 0 Å². The minimum atomic E-state index is -0.0676. The molecule has 1 amide bonds. The molecule has 1 fully saturated rings. The Balaban J connectivity index is 1.30. The molecule has 8 nitrogen and oxygen atoms in total. The van der Waals surface area contributed by atoms with Crippen LogP contribution in [0.4, 0.5) is 0 Å². The number of hydrogen-bond acceptors (Lipinski definition) is 6. The summed E-state index contributed by atoms with van der Waals surface area (Å²) in [5, 5.41) is 7.35. The van der Waals surface area contributed by atoms with Crippen LogP contribution >= 0.6 is 0 Å². The first-order chi connectivity index (χ1) is 14.2. The average Bonchev–Trinajstić information content (AvgIpc) is 3.30. The summed E-state index contributed by atoms with van der Waals surface area (Å²) in [4.78, 5) is 21.0. The van der Waals surface area contributed by atoms with Crippen LogP contribution in [-0.4, -0.2) is 44.9 Å². The SMILES string of the molecule is COc1cncc(OC2CCC(NC(=O)c3cccc(-n4cccn4)c3)CC2)n1. The number of amides is 1. The molecule has 0 spiro atoms. The number of carbonyl (C=O) groups excluding carboxylic acids is 1. The lowest BCUT2D eigenvalue weighted by atomic mass is 9.92. The van der Waals surface area contributed by atoms with Crippen molar-refractivity contribution in [3.05, 3.63) is 60.7 Å². The molecule has 2 aromatic heterocycles. The van der Waals surface area contributed by atoms with Crippen LogP contribution in [-0.2, 0) is 0 Å². The van der Waals surface area contributed by atoms with E-state index < -0.39 is 0 Å². The van der Waals surface area contributed by atoms with Gasteiger partial charge in [-0.25, -0.2) is 4.68 Å². The third kappa shape index (κ3) is 4.71. The highest BCUT2D eigenvalue weighted by Gasteiger charge is 2.24. The summed E-state index contributed by atoms with van der Waals surface area (Å²) in [6, 6.07) is 9.44. The van der Waals surface area contributed by atoms with Crippen LogP contribution in [0.25, 0.3) is 5.69 Å². The lowest BCUT2D eigenvalue weighted by Gasteiger charge is -2.29. The summed E-state index contributed by atoms with van der Waals surface area (Å²) in [6.45, 7) is 0. The Labute approximate surface area is 168 Å². The van der Waals surface area contributed by atoms with Crippen molar-refractivity contribution in [1.82, 2.24) is 25.1 Å². The van der Waals surface area contributed by atoms with Crippen LogP contribution < -0.4 is 14.8 Å². The van der Waals surface area contributed by atoms with Crippen LogP contribution in [0.5, 0.6) is 11.8 Å². The molecule has 2 heterocycles. The van der Waals surface area contributed by atoms with Crippen LogP contribution in [0, 0.1) is 0 Å². The first-order valence-corrected chi connectivity index (χ1v) is 9.65. The van der Waals surface area contributed by atoms with E-state index >= 15 is 0 Å². The van der Waals surface area contributed by atoms with Gasteiger partial charge in [-0.2, -0.15) is 10.1 Å². The highest BCUT2D eigenvalue weighted by atomic mass is 16.5. The normalized spacial score (nSPS) is 18.8. The topological polar surface area (TPSA) is 91.2 Å². The van der Waals surface area contributed by atoms with E-state index in [4.69, 9.17) is 9.47 Å². The number of nitrogens with zero attached hydrogens (tertiary/aromatic N) is 4. The monoisotopic (exact) mass is 393 g/mol. The Morgan fingerprint density at radius 2 is 1.97 bits per heavy atom. The van der Waals surface area contributed by atoms with E-state index in [0.29, 0.717) is 17.3 Å². The first kappa shape index (κ1) is 18.9. The van der Waals surface area contributed by atoms with Gasteiger partial charge < -0.3 is 14.8 Å². The fourth-order valence-corrected chi connectivity index (χ4v) is 3.46. The molecule has 0 saturated heterocycles. The Kier molecular flexibility index (Phi) is 5.69. The molecular formula is C21H23N5O3. The highest BCUT2D eigenvalue weighted by Crippen LogP contribution is 2.24. The molecule has 29 heavy (non-hydrogen) atoms. The van der Waals surface area contributed by atoms with Crippen molar-refractivity contribution in [3.8, 4) is 17.4 Å². The Morgan fingerprint density at radius 3 is 2.72 bits per heavy atom. The van der Waals surface area contributed by atoms with Gasteiger partial charge in [0.1, 0.15) is 6.10 Å². The largest absolute Gasteiger partial charge is 0.480 e.